The number of hydrogen-bond acceptors (Lipinski definition) is 2. The molecule has 2 aromatic rings. The fourth-order valence-electron chi connectivity index (χ4n) is 1.86. The maximum Gasteiger partial charge on any atom is 0.101 e. The van der Waals surface area contributed by atoms with Crippen molar-refractivity contribution in [2.75, 3.05) is 0 Å². The van der Waals surface area contributed by atoms with E-state index in [1.807, 2.05) is 17.8 Å². The number of nitrogens with zero attached hydrogens (tertiary/aromatic N) is 2. The van der Waals surface area contributed by atoms with Gasteiger partial charge in [-0.05, 0) is 30.5 Å². The number of rotatable bonds is 3. The lowest BCUT2D eigenvalue weighted by Crippen LogP contribution is -2.02. The van der Waals surface area contributed by atoms with Gasteiger partial charge >= 0.3 is 0 Å². The van der Waals surface area contributed by atoms with Crippen molar-refractivity contribution >= 4 is 0 Å². The van der Waals surface area contributed by atoms with Crippen molar-refractivity contribution in [3.8, 4) is 0 Å². The third-order valence-electron chi connectivity index (χ3n) is 3.07. The van der Waals surface area contributed by atoms with Crippen LogP contribution in [0.5, 0.6) is 0 Å². The predicted molar refractivity (Wildman–Crippen MR) is 67.8 cm³/mol. The van der Waals surface area contributed by atoms with Crippen LogP contribution >= 0.6 is 0 Å². The Morgan fingerprint density at radius 3 is 2.65 bits per heavy atom. The Balaban J connectivity index is 2.12. The van der Waals surface area contributed by atoms with E-state index in [0.29, 0.717) is 6.42 Å². The average Bonchev–Trinajstić information content (AvgIpc) is 2.70. The summed E-state index contributed by atoms with van der Waals surface area (Å²) in [5, 5.41) is 10.1. The van der Waals surface area contributed by atoms with Crippen molar-refractivity contribution in [2.45, 2.75) is 26.4 Å². The molecule has 3 nitrogen and oxygen atoms in total. The molecule has 1 N–H and O–H groups in total. The van der Waals surface area contributed by atoms with Gasteiger partial charge in [-0.15, -0.1) is 0 Å². The van der Waals surface area contributed by atoms with Gasteiger partial charge in [-0.25, -0.2) is 4.98 Å². The van der Waals surface area contributed by atoms with Crippen molar-refractivity contribution in [1.29, 1.82) is 0 Å². The van der Waals surface area contributed by atoms with Gasteiger partial charge in [0.25, 0.3) is 0 Å². The molecule has 0 spiro atoms. The molecule has 2 rings (SSSR count). The zero-order valence-electron chi connectivity index (χ0n) is 10.5. The summed E-state index contributed by atoms with van der Waals surface area (Å²) in [4.78, 5) is 4.16. The molecular weight excluding hydrogens is 212 g/mol. The lowest BCUT2D eigenvalue weighted by atomic mass is 10.0. The SMILES string of the molecule is Cc1ccc(CC(O)c2cn(C)cn2)cc1C. The number of aliphatic hydroxyl groups excluding tert-OH is 1. The van der Waals surface area contributed by atoms with Gasteiger partial charge in [0.2, 0.25) is 0 Å². The van der Waals surface area contributed by atoms with E-state index in [4.69, 9.17) is 0 Å². The van der Waals surface area contributed by atoms with Crippen molar-refractivity contribution in [3.63, 3.8) is 0 Å². The van der Waals surface area contributed by atoms with Crippen LogP contribution in [0.1, 0.15) is 28.5 Å². The van der Waals surface area contributed by atoms with E-state index in [1.54, 1.807) is 6.33 Å². The van der Waals surface area contributed by atoms with Crippen LogP contribution in [-0.4, -0.2) is 14.7 Å². The first kappa shape index (κ1) is 11.9. The van der Waals surface area contributed by atoms with E-state index < -0.39 is 6.10 Å². The van der Waals surface area contributed by atoms with Crippen LogP contribution in [0.25, 0.3) is 0 Å². The molecule has 0 aliphatic heterocycles. The summed E-state index contributed by atoms with van der Waals surface area (Å²) in [5.74, 6) is 0. The highest BCUT2D eigenvalue weighted by atomic mass is 16.3. The molecule has 0 aliphatic carbocycles. The van der Waals surface area contributed by atoms with Crippen LogP contribution in [-0.2, 0) is 13.5 Å². The van der Waals surface area contributed by atoms with Crippen LogP contribution < -0.4 is 0 Å². The number of aromatic nitrogens is 2. The maximum absolute atomic E-state index is 10.1. The molecule has 0 bridgehead atoms. The van der Waals surface area contributed by atoms with Crippen molar-refractivity contribution in [2.24, 2.45) is 7.05 Å². The van der Waals surface area contributed by atoms with Gasteiger partial charge in [0.15, 0.2) is 0 Å². The second-order valence-electron chi connectivity index (χ2n) is 4.60. The van der Waals surface area contributed by atoms with E-state index in [2.05, 4.69) is 37.0 Å². The summed E-state index contributed by atoms with van der Waals surface area (Å²) >= 11 is 0. The highest BCUT2D eigenvalue weighted by molar-refractivity contribution is 5.30. The normalized spacial score (nSPS) is 12.7. The first-order chi connectivity index (χ1) is 8.06. The highest BCUT2D eigenvalue weighted by Crippen LogP contribution is 2.18. The minimum atomic E-state index is -0.529. The van der Waals surface area contributed by atoms with Gasteiger partial charge < -0.3 is 9.67 Å². The molecule has 1 unspecified atom stereocenters. The number of aryl methyl sites for hydroxylation is 3. The second kappa shape index (κ2) is 4.72. The molecule has 0 saturated heterocycles. The molecule has 90 valence electrons. The second-order valence-corrected chi connectivity index (χ2v) is 4.60. The summed E-state index contributed by atoms with van der Waals surface area (Å²) in [6, 6.07) is 6.28. The van der Waals surface area contributed by atoms with Gasteiger partial charge in [0.1, 0.15) is 6.10 Å². The van der Waals surface area contributed by atoms with E-state index in [9.17, 15) is 5.11 Å². The van der Waals surface area contributed by atoms with Crippen molar-refractivity contribution < 1.29 is 5.11 Å². The van der Waals surface area contributed by atoms with Crippen LogP contribution in [0.2, 0.25) is 0 Å². The monoisotopic (exact) mass is 230 g/mol. The average molecular weight is 230 g/mol. The summed E-state index contributed by atoms with van der Waals surface area (Å²) in [7, 11) is 1.90. The summed E-state index contributed by atoms with van der Waals surface area (Å²) in [6.07, 6.45) is 3.64. The molecular formula is C14H18N2O. The molecule has 1 aromatic heterocycles. The van der Waals surface area contributed by atoms with Gasteiger partial charge in [-0.3, -0.25) is 0 Å². The van der Waals surface area contributed by atoms with Gasteiger partial charge in [0.05, 0.1) is 12.0 Å². The topological polar surface area (TPSA) is 38.0 Å². The third kappa shape index (κ3) is 2.74. The number of benzene rings is 1. The molecule has 17 heavy (non-hydrogen) atoms. The summed E-state index contributed by atoms with van der Waals surface area (Å²) in [5.41, 5.74) is 4.41. The molecule has 1 heterocycles. The lowest BCUT2D eigenvalue weighted by molar-refractivity contribution is 0.174. The zero-order valence-corrected chi connectivity index (χ0v) is 10.5. The molecule has 0 saturated carbocycles. The zero-order chi connectivity index (χ0) is 12.4. The van der Waals surface area contributed by atoms with Gasteiger partial charge in [0, 0.05) is 19.7 Å². The number of aliphatic hydroxyl groups is 1. The third-order valence-corrected chi connectivity index (χ3v) is 3.07. The molecule has 0 fully saturated rings. The van der Waals surface area contributed by atoms with Gasteiger partial charge in [-0.1, -0.05) is 18.2 Å². The Morgan fingerprint density at radius 1 is 1.29 bits per heavy atom. The molecule has 0 aliphatic rings. The first-order valence-electron chi connectivity index (χ1n) is 5.78. The Hall–Kier alpha value is -1.61. The largest absolute Gasteiger partial charge is 0.386 e. The maximum atomic E-state index is 10.1. The van der Waals surface area contributed by atoms with E-state index >= 15 is 0 Å². The van der Waals surface area contributed by atoms with Crippen LogP contribution in [0.15, 0.2) is 30.7 Å². The Kier molecular flexibility index (Phi) is 3.29. The lowest BCUT2D eigenvalue weighted by Gasteiger charge is -2.09. The molecule has 0 amide bonds. The molecule has 1 atom stereocenters. The van der Waals surface area contributed by atoms with Crippen LogP contribution in [0, 0.1) is 13.8 Å². The number of hydrogen-bond donors (Lipinski definition) is 1. The minimum absolute atomic E-state index is 0.529. The van der Waals surface area contributed by atoms with E-state index in [-0.39, 0.29) is 0 Å². The quantitative estimate of drug-likeness (QED) is 0.878. The highest BCUT2D eigenvalue weighted by Gasteiger charge is 2.11. The van der Waals surface area contributed by atoms with Crippen LogP contribution in [0.4, 0.5) is 0 Å². The Bertz CT molecular complexity index is 517. The molecule has 0 radical (unpaired) electrons. The van der Waals surface area contributed by atoms with Crippen LogP contribution in [0.3, 0.4) is 0 Å². The Labute approximate surface area is 102 Å². The Morgan fingerprint density at radius 2 is 2.06 bits per heavy atom. The van der Waals surface area contributed by atoms with Crippen molar-refractivity contribution in [3.05, 3.63) is 53.1 Å². The minimum Gasteiger partial charge on any atom is -0.386 e. The van der Waals surface area contributed by atoms with Crippen molar-refractivity contribution in [1.82, 2.24) is 9.55 Å². The fraction of sp³-hybridized carbons (Fsp3) is 0.357. The molecule has 1 aromatic carbocycles. The molecule has 3 heteroatoms. The van der Waals surface area contributed by atoms with E-state index in [1.165, 1.54) is 11.1 Å². The van der Waals surface area contributed by atoms with E-state index in [0.717, 1.165) is 11.3 Å². The number of imidazole rings is 1. The predicted octanol–water partition coefficient (Wildman–Crippen LogP) is 2.31. The standard InChI is InChI=1S/C14H18N2O/c1-10-4-5-12(6-11(10)2)7-14(17)13-8-16(3)9-15-13/h4-6,8-9,14,17H,7H2,1-3H3. The van der Waals surface area contributed by atoms with Gasteiger partial charge in [-0.2, -0.15) is 0 Å². The summed E-state index contributed by atoms with van der Waals surface area (Å²) < 4.78 is 1.85. The smallest absolute Gasteiger partial charge is 0.101 e. The first-order valence-corrected chi connectivity index (χ1v) is 5.78. The fourth-order valence-corrected chi connectivity index (χ4v) is 1.86. The summed E-state index contributed by atoms with van der Waals surface area (Å²) in [6.45, 7) is 4.18.